The number of carboxylic acid groups (broad SMARTS) is 1. The predicted molar refractivity (Wildman–Crippen MR) is 94.7 cm³/mol. The van der Waals surface area contributed by atoms with Gasteiger partial charge >= 0.3 is 5.97 Å². The molecular weight excluding hydrogens is 320 g/mol. The molecule has 0 amide bonds. The quantitative estimate of drug-likeness (QED) is 0.767. The maximum atomic E-state index is 13.0. The number of hydrogen-bond acceptors (Lipinski definition) is 4. The van der Waals surface area contributed by atoms with Gasteiger partial charge in [-0.1, -0.05) is 30.3 Å². The van der Waals surface area contributed by atoms with Crippen LogP contribution in [-0.2, 0) is 6.54 Å². The van der Waals surface area contributed by atoms with Crippen LogP contribution in [0.4, 0.5) is 0 Å². The molecule has 0 atom stereocenters. The Bertz CT molecular complexity index is 1000. The highest BCUT2D eigenvalue weighted by molar-refractivity contribution is 5.95. The lowest BCUT2D eigenvalue weighted by Crippen LogP contribution is -2.27. The van der Waals surface area contributed by atoms with E-state index in [0.29, 0.717) is 12.4 Å². The minimum atomic E-state index is -1.15. The largest absolute Gasteiger partial charge is 0.478 e. The Morgan fingerprint density at radius 3 is 2.60 bits per heavy atom. The molecule has 7 nitrogen and oxygen atoms in total. The van der Waals surface area contributed by atoms with Gasteiger partial charge in [0.25, 0.3) is 5.56 Å². The van der Waals surface area contributed by atoms with Crippen molar-refractivity contribution in [3.05, 3.63) is 76.1 Å². The summed E-state index contributed by atoms with van der Waals surface area (Å²) in [5, 5.41) is 13.7. The lowest BCUT2D eigenvalue weighted by Gasteiger charge is -2.12. The van der Waals surface area contributed by atoms with E-state index in [9.17, 15) is 14.7 Å². The smallest absolute Gasteiger partial charge is 0.338 e. The van der Waals surface area contributed by atoms with Crippen LogP contribution >= 0.6 is 0 Å². The fourth-order valence-electron chi connectivity index (χ4n) is 2.55. The number of nitrogens with zero attached hydrogens (tertiary/aromatic N) is 4. The number of carbonyl (C=O) groups is 1. The zero-order valence-corrected chi connectivity index (χ0v) is 14.0. The number of rotatable bonds is 5. The van der Waals surface area contributed by atoms with Gasteiger partial charge in [0.15, 0.2) is 5.82 Å². The monoisotopic (exact) mass is 338 g/mol. The van der Waals surface area contributed by atoms with Crippen molar-refractivity contribution < 1.29 is 9.90 Å². The molecule has 2 heterocycles. The Morgan fingerprint density at radius 1 is 1.24 bits per heavy atom. The number of aromatic nitrogens is 3. The molecule has 1 N–H and O–H groups in total. The van der Waals surface area contributed by atoms with Crippen LogP contribution < -0.4 is 5.56 Å². The van der Waals surface area contributed by atoms with E-state index >= 15 is 0 Å². The van der Waals surface area contributed by atoms with Gasteiger partial charge in [-0.15, -0.1) is 5.10 Å². The first-order valence-electron chi connectivity index (χ1n) is 7.71. The molecule has 128 valence electrons. The molecule has 0 spiro atoms. The molecule has 0 saturated carbocycles. The Balaban J connectivity index is 2.23. The summed E-state index contributed by atoms with van der Waals surface area (Å²) >= 11 is 0. The molecule has 2 aromatic heterocycles. The van der Waals surface area contributed by atoms with Crippen LogP contribution in [0.3, 0.4) is 0 Å². The fourth-order valence-corrected chi connectivity index (χ4v) is 2.55. The average molecular weight is 338 g/mol. The van der Waals surface area contributed by atoms with Gasteiger partial charge in [-0.25, -0.2) is 9.31 Å². The molecule has 7 heteroatoms. The average Bonchev–Trinajstić information content (AvgIpc) is 3.01. The summed E-state index contributed by atoms with van der Waals surface area (Å²) in [4.78, 5) is 26.2. The van der Waals surface area contributed by atoms with Gasteiger partial charge in [0.2, 0.25) is 0 Å². The lowest BCUT2D eigenvalue weighted by atomic mass is 10.2. The molecule has 0 unspecified atom stereocenters. The zero-order valence-electron chi connectivity index (χ0n) is 14.0. The van der Waals surface area contributed by atoms with Crippen LogP contribution in [-0.4, -0.2) is 44.3 Å². The van der Waals surface area contributed by atoms with Gasteiger partial charge in [0.05, 0.1) is 12.1 Å². The second kappa shape index (κ2) is 6.64. The summed E-state index contributed by atoms with van der Waals surface area (Å²) < 4.78 is 2.81. The van der Waals surface area contributed by atoms with Gasteiger partial charge in [-0.05, 0) is 17.7 Å². The van der Waals surface area contributed by atoms with Crippen LogP contribution in [0.25, 0.3) is 11.6 Å². The third kappa shape index (κ3) is 3.30. The summed E-state index contributed by atoms with van der Waals surface area (Å²) in [6, 6.07) is 10.9. The van der Waals surface area contributed by atoms with Crippen molar-refractivity contribution in [3.8, 4) is 0 Å². The Morgan fingerprint density at radius 2 is 1.96 bits per heavy atom. The maximum absolute atomic E-state index is 13.0. The van der Waals surface area contributed by atoms with Crippen molar-refractivity contribution in [2.24, 2.45) is 0 Å². The van der Waals surface area contributed by atoms with E-state index in [1.807, 2.05) is 49.3 Å². The van der Waals surface area contributed by atoms with Crippen LogP contribution in [0, 0.1) is 0 Å². The van der Waals surface area contributed by atoms with Crippen molar-refractivity contribution >= 4 is 17.6 Å². The standard InChI is InChI=1S/C18H18N4O3/c1-20(2)10-9-15-19-22-11-8-14(18(24)25)16(22)17(23)21(15)12-13-6-4-3-5-7-13/h3-11H,12H2,1-2H3,(H,24,25)/b10-9+. The molecule has 0 fully saturated rings. The maximum Gasteiger partial charge on any atom is 0.338 e. The van der Waals surface area contributed by atoms with Gasteiger partial charge < -0.3 is 10.0 Å². The normalized spacial score (nSPS) is 11.3. The summed E-state index contributed by atoms with van der Waals surface area (Å²) in [5.74, 6) is -0.702. The lowest BCUT2D eigenvalue weighted by molar-refractivity contribution is 0.0699. The van der Waals surface area contributed by atoms with Gasteiger partial charge in [-0.3, -0.25) is 9.36 Å². The first-order chi connectivity index (χ1) is 12.0. The Kier molecular flexibility index (Phi) is 4.38. The van der Waals surface area contributed by atoms with Crippen LogP contribution in [0.1, 0.15) is 21.7 Å². The summed E-state index contributed by atoms with van der Waals surface area (Å²) in [5.41, 5.74) is 0.547. The van der Waals surface area contributed by atoms with Crippen molar-refractivity contribution in [1.29, 1.82) is 0 Å². The van der Waals surface area contributed by atoms with Crippen molar-refractivity contribution in [1.82, 2.24) is 19.1 Å². The molecule has 0 aliphatic heterocycles. The van der Waals surface area contributed by atoms with Crippen molar-refractivity contribution in [2.45, 2.75) is 6.54 Å². The van der Waals surface area contributed by atoms with Crippen LogP contribution in [0.2, 0.25) is 0 Å². The highest BCUT2D eigenvalue weighted by atomic mass is 16.4. The second-order valence-electron chi connectivity index (χ2n) is 5.84. The molecule has 0 bridgehead atoms. The highest BCUT2D eigenvalue weighted by Crippen LogP contribution is 2.11. The predicted octanol–water partition coefficient (Wildman–Crippen LogP) is 1.77. The molecule has 0 aliphatic rings. The van der Waals surface area contributed by atoms with Gasteiger partial charge in [-0.2, -0.15) is 0 Å². The van der Waals surface area contributed by atoms with Gasteiger partial charge in [0, 0.05) is 26.5 Å². The van der Waals surface area contributed by atoms with Crippen molar-refractivity contribution in [3.63, 3.8) is 0 Å². The van der Waals surface area contributed by atoms with E-state index in [1.54, 1.807) is 12.3 Å². The molecule has 0 radical (unpaired) electrons. The van der Waals surface area contributed by atoms with E-state index in [-0.39, 0.29) is 16.6 Å². The van der Waals surface area contributed by atoms with Crippen LogP contribution in [0.15, 0.2) is 53.6 Å². The Hall–Kier alpha value is -3.35. The fraction of sp³-hybridized carbons (Fsp3) is 0.167. The molecule has 0 aliphatic carbocycles. The summed E-state index contributed by atoms with van der Waals surface area (Å²) in [7, 11) is 3.74. The minimum Gasteiger partial charge on any atom is -0.478 e. The Labute approximate surface area is 144 Å². The van der Waals surface area contributed by atoms with Crippen molar-refractivity contribution in [2.75, 3.05) is 14.1 Å². The third-order valence-corrected chi connectivity index (χ3v) is 3.74. The molecule has 3 aromatic rings. The third-order valence-electron chi connectivity index (χ3n) is 3.74. The zero-order chi connectivity index (χ0) is 18.0. The first kappa shape index (κ1) is 16.5. The van der Waals surface area contributed by atoms with Crippen LogP contribution in [0.5, 0.6) is 0 Å². The molecule has 1 aromatic carbocycles. The number of hydrogen-bond donors (Lipinski definition) is 1. The minimum absolute atomic E-state index is 0.0533. The first-order valence-corrected chi connectivity index (χ1v) is 7.71. The van der Waals surface area contributed by atoms with E-state index in [2.05, 4.69) is 5.10 Å². The van der Waals surface area contributed by atoms with E-state index in [4.69, 9.17) is 0 Å². The number of carboxylic acids is 1. The second-order valence-corrected chi connectivity index (χ2v) is 5.84. The molecule has 0 saturated heterocycles. The number of aromatic carboxylic acids is 1. The SMILES string of the molecule is CN(C)/C=C/c1nn2ccc(C(=O)O)c2c(=O)n1Cc1ccccc1. The summed E-state index contributed by atoms with van der Waals surface area (Å²) in [6.45, 7) is 0.306. The molecule has 25 heavy (non-hydrogen) atoms. The summed E-state index contributed by atoms with van der Waals surface area (Å²) in [6.07, 6.45) is 5.00. The number of fused-ring (bicyclic) bond motifs is 1. The molecule has 3 rings (SSSR count). The highest BCUT2D eigenvalue weighted by Gasteiger charge is 2.17. The van der Waals surface area contributed by atoms with E-state index in [1.165, 1.54) is 21.3 Å². The van der Waals surface area contributed by atoms with Gasteiger partial charge in [0.1, 0.15) is 5.52 Å². The molecular formula is C18H18N4O3. The topological polar surface area (TPSA) is 79.8 Å². The van der Waals surface area contributed by atoms with E-state index in [0.717, 1.165) is 5.56 Å². The van der Waals surface area contributed by atoms with E-state index < -0.39 is 5.97 Å². The number of benzene rings is 1.